The molecule has 1 aromatic rings. The molecule has 0 radical (unpaired) electrons. The van der Waals surface area contributed by atoms with Gasteiger partial charge in [-0.3, -0.25) is 9.78 Å². The Balaban J connectivity index is 3.03. The zero-order chi connectivity index (χ0) is 10.1. The van der Waals surface area contributed by atoms with Gasteiger partial charge in [0.25, 0.3) is 0 Å². The van der Waals surface area contributed by atoms with Crippen molar-refractivity contribution in [3.05, 3.63) is 22.7 Å². The first kappa shape index (κ1) is 4.18. The van der Waals surface area contributed by atoms with Crippen LogP contribution in [0, 0.1) is 0 Å². The molecular formula is C6H5BrN2O. The topological polar surface area (TPSA) is 42.9 Å². The van der Waals surface area contributed by atoms with Crippen LogP contribution in [0.5, 0.6) is 0 Å². The molecule has 0 saturated carbocycles. The summed E-state index contributed by atoms with van der Waals surface area (Å²) in [7, 11) is 0. The molecule has 0 amide bonds. The molecule has 0 saturated heterocycles. The number of aromatic nitrogens is 2. The number of hydrogen-bond acceptors (Lipinski definition) is 3. The van der Waals surface area contributed by atoms with Gasteiger partial charge in [-0.05, 0) is 15.9 Å². The molecule has 1 aromatic heterocycles. The summed E-state index contributed by atoms with van der Waals surface area (Å²) in [5, 5.41) is 0. The van der Waals surface area contributed by atoms with Gasteiger partial charge in [-0.2, -0.15) is 0 Å². The van der Waals surface area contributed by atoms with Gasteiger partial charge >= 0.3 is 0 Å². The zero-order valence-corrected chi connectivity index (χ0v) is 6.42. The fraction of sp³-hybridized carbons (Fsp3) is 0.167. The first-order valence-corrected chi connectivity index (χ1v) is 3.23. The van der Waals surface area contributed by atoms with Gasteiger partial charge < -0.3 is 0 Å². The third-order valence-corrected chi connectivity index (χ3v) is 1.22. The molecule has 0 spiro atoms. The lowest BCUT2D eigenvalue weighted by Crippen LogP contribution is -1.96. The molecule has 0 aromatic carbocycles. The molecule has 0 atom stereocenters. The highest BCUT2D eigenvalue weighted by Gasteiger charge is 1.99. The molecule has 52 valence electrons. The summed E-state index contributed by atoms with van der Waals surface area (Å²) in [5.41, 5.74) is -0.158. The van der Waals surface area contributed by atoms with E-state index in [2.05, 4.69) is 25.9 Å². The van der Waals surface area contributed by atoms with E-state index >= 15 is 0 Å². The number of rotatable bonds is 1. The van der Waals surface area contributed by atoms with E-state index in [4.69, 9.17) is 4.11 Å². The highest BCUT2D eigenvalue weighted by atomic mass is 79.9. The van der Waals surface area contributed by atoms with Crippen molar-refractivity contribution >= 4 is 21.7 Å². The van der Waals surface area contributed by atoms with Crippen molar-refractivity contribution < 1.29 is 8.91 Å². The largest absolute Gasteiger partial charge is 0.293 e. The fourth-order valence-corrected chi connectivity index (χ4v) is 0.761. The van der Waals surface area contributed by atoms with Crippen molar-refractivity contribution in [2.45, 2.75) is 6.85 Å². The van der Waals surface area contributed by atoms with Gasteiger partial charge in [0.2, 0.25) is 0 Å². The lowest BCUT2D eigenvalue weighted by atomic mass is 10.3. The minimum absolute atomic E-state index is 0.158. The maximum Gasteiger partial charge on any atom is 0.179 e. The Kier molecular flexibility index (Phi) is 1.20. The second-order valence-electron chi connectivity index (χ2n) is 1.56. The van der Waals surface area contributed by atoms with E-state index in [0.717, 1.165) is 6.20 Å². The van der Waals surface area contributed by atoms with E-state index in [9.17, 15) is 4.79 Å². The second-order valence-corrected chi connectivity index (χ2v) is 2.37. The summed E-state index contributed by atoms with van der Waals surface area (Å²) < 4.78 is 20.9. The average Bonchev–Trinajstić information content (AvgIpc) is 2.01. The van der Waals surface area contributed by atoms with Crippen molar-refractivity contribution in [1.29, 1.82) is 0 Å². The molecule has 10 heavy (non-hydrogen) atoms. The SMILES string of the molecule is [2H]C([2H])([2H])C(=O)c1cncc(Br)n1. The third-order valence-electron chi connectivity index (χ3n) is 0.838. The van der Waals surface area contributed by atoms with Crippen LogP contribution in [0.3, 0.4) is 0 Å². The Hall–Kier alpha value is -0.770. The van der Waals surface area contributed by atoms with Gasteiger partial charge in [0.1, 0.15) is 10.3 Å². The van der Waals surface area contributed by atoms with Gasteiger partial charge in [-0.1, -0.05) is 0 Å². The summed E-state index contributed by atoms with van der Waals surface area (Å²) in [5.74, 6) is -0.999. The van der Waals surface area contributed by atoms with Crippen molar-refractivity contribution in [2.24, 2.45) is 0 Å². The van der Waals surface area contributed by atoms with Crippen LogP contribution in [0.15, 0.2) is 17.0 Å². The highest BCUT2D eigenvalue weighted by molar-refractivity contribution is 9.10. The van der Waals surface area contributed by atoms with Crippen LogP contribution in [-0.4, -0.2) is 15.8 Å². The molecule has 0 aliphatic carbocycles. The molecule has 0 unspecified atom stereocenters. The summed E-state index contributed by atoms with van der Waals surface area (Å²) >= 11 is 2.99. The van der Waals surface area contributed by atoms with Crippen LogP contribution in [0.4, 0.5) is 0 Å². The molecule has 1 heterocycles. The van der Waals surface area contributed by atoms with Crippen molar-refractivity contribution in [3.8, 4) is 0 Å². The fourth-order valence-electron chi connectivity index (χ4n) is 0.452. The van der Waals surface area contributed by atoms with Crippen LogP contribution in [0.25, 0.3) is 0 Å². The first-order valence-electron chi connectivity index (χ1n) is 3.93. The van der Waals surface area contributed by atoms with Crippen molar-refractivity contribution in [1.82, 2.24) is 9.97 Å². The van der Waals surface area contributed by atoms with Crippen molar-refractivity contribution in [3.63, 3.8) is 0 Å². The number of halogens is 1. The summed E-state index contributed by atoms with van der Waals surface area (Å²) in [6.07, 6.45) is 2.50. The lowest BCUT2D eigenvalue weighted by molar-refractivity contribution is 0.101. The predicted octanol–water partition coefficient (Wildman–Crippen LogP) is 1.44. The number of ketones is 1. The summed E-state index contributed by atoms with van der Waals surface area (Å²) in [4.78, 5) is 18.5. The molecule has 0 bridgehead atoms. The third kappa shape index (κ3) is 1.60. The Bertz CT molecular complexity index is 339. The molecule has 0 aliphatic rings. The minimum atomic E-state index is -2.66. The quantitative estimate of drug-likeness (QED) is 0.650. The first-order chi connectivity index (χ1) is 5.91. The molecular weight excluding hydrogens is 196 g/mol. The van der Waals surface area contributed by atoms with Gasteiger partial charge in [-0.15, -0.1) is 0 Å². The maximum atomic E-state index is 11.1. The number of carbonyl (C=O) groups excluding carboxylic acids is 1. The molecule has 0 N–H and O–H groups in total. The average molecular weight is 204 g/mol. The Morgan fingerprint density at radius 2 is 2.60 bits per heavy atom. The molecule has 3 nitrogen and oxygen atoms in total. The summed E-state index contributed by atoms with van der Waals surface area (Å²) in [6, 6.07) is 0. The smallest absolute Gasteiger partial charge is 0.179 e. The highest BCUT2D eigenvalue weighted by Crippen LogP contribution is 2.03. The van der Waals surface area contributed by atoms with Gasteiger partial charge in [0, 0.05) is 11.0 Å². The zero-order valence-electron chi connectivity index (χ0n) is 7.84. The summed E-state index contributed by atoms with van der Waals surface area (Å²) in [6.45, 7) is -2.66. The van der Waals surface area contributed by atoms with E-state index in [0.29, 0.717) is 4.60 Å². The van der Waals surface area contributed by atoms with Crippen LogP contribution >= 0.6 is 15.9 Å². The van der Waals surface area contributed by atoms with E-state index in [-0.39, 0.29) is 5.69 Å². The molecule has 0 aliphatic heterocycles. The number of hydrogen-bond donors (Lipinski definition) is 0. The van der Waals surface area contributed by atoms with Crippen LogP contribution in [-0.2, 0) is 0 Å². The number of nitrogens with zero attached hydrogens (tertiary/aromatic N) is 2. The Labute approximate surface area is 70.8 Å². The van der Waals surface area contributed by atoms with E-state index in [1.807, 2.05) is 0 Å². The van der Waals surface area contributed by atoms with Gasteiger partial charge in [0.15, 0.2) is 5.78 Å². The number of carbonyl (C=O) groups is 1. The lowest BCUT2D eigenvalue weighted by Gasteiger charge is -1.91. The Morgan fingerprint density at radius 3 is 3.20 bits per heavy atom. The molecule has 1 rings (SSSR count). The van der Waals surface area contributed by atoms with Crippen LogP contribution in [0.2, 0.25) is 0 Å². The van der Waals surface area contributed by atoms with Gasteiger partial charge in [0.05, 0.1) is 12.4 Å². The maximum absolute atomic E-state index is 11.1. The van der Waals surface area contributed by atoms with Gasteiger partial charge in [-0.25, -0.2) is 4.98 Å². The van der Waals surface area contributed by atoms with E-state index in [1.165, 1.54) is 6.20 Å². The predicted molar refractivity (Wildman–Crippen MR) is 39.7 cm³/mol. The van der Waals surface area contributed by atoms with Crippen molar-refractivity contribution in [2.75, 3.05) is 0 Å². The standard InChI is InChI=1S/C6H5BrN2O/c1-4(10)5-2-8-3-6(7)9-5/h2-3H,1H3/i1D3. The Morgan fingerprint density at radius 1 is 1.80 bits per heavy atom. The van der Waals surface area contributed by atoms with Crippen LogP contribution < -0.4 is 0 Å². The normalized spacial score (nSPS) is 15.1. The van der Waals surface area contributed by atoms with E-state index in [1.54, 1.807) is 0 Å². The minimum Gasteiger partial charge on any atom is -0.293 e. The van der Waals surface area contributed by atoms with E-state index < -0.39 is 12.6 Å². The molecule has 0 fully saturated rings. The monoisotopic (exact) mass is 203 g/mol. The second kappa shape index (κ2) is 2.88. The van der Waals surface area contributed by atoms with Crippen LogP contribution in [0.1, 0.15) is 21.5 Å². The number of Topliss-reactive ketones (excluding diaryl/α,β-unsaturated/α-hetero) is 1. The molecule has 4 heteroatoms.